The van der Waals surface area contributed by atoms with Crippen LogP contribution in [0.2, 0.25) is 10.0 Å². The van der Waals surface area contributed by atoms with Crippen molar-refractivity contribution in [3.05, 3.63) is 57.6 Å². The highest BCUT2D eigenvalue weighted by Gasteiger charge is 2.56. The molecule has 0 aliphatic heterocycles. The fraction of sp³-hybridized carbons (Fsp3) is 0.263. The van der Waals surface area contributed by atoms with E-state index in [0.717, 1.165) is 16.8 Å². The van der Waals surface area contributed by atoms with Gasteiger partial charge in [0.1, 0.15) is 5.41 Å². The van der Waals surface area contributed by atoms with Crippen LogP contribution < -0.4 is 10.6 Å². The normalized spacial score (nSPS) is 14.7. The number of rotatable bonds is 4. The highest BCUT2D eigenvalue weighted by molar-refractivity contribution is 6.35. The van der Waals surface area contributed by atoms with Crippen LogP contribution in [-0.2, 0) is 9.59 Å². The fourth-order valence-corrected chi connectivity index (χ4v) is 3.33. The third-order valence-electron chi connectivity index (χ3n) is 4.46. The maximum Gasteiger partial charge on any atom is 0.240 e. The van der Waals surface area contributed by atoms with E-state index in [2.05, 4.69) is 10.6 Å². The van der Waals surface area contributed by atoms with Crippen molar-refractivity contribution in [3.63, 3.8) is 0 Å². The van der Waals surface area contributed by atoms with E-state index in [1.54, 1.807) is 18.2 Å². The summed E-state index contributed by atoms with van der Waals surface area (Å²) in [7, 11) is 0. The maximum atomic E-state index is 12.7. The Bertz CT molecular complexity index is 820. The lowest BCUT2D eigenvalue weighted by Crippen LogP contribution is -2.36. The number of aryl methyl sites for hydroxylation is 2. The van der Waals surface area contributed by atoms with Crippen LogP contribution in [0.15, 0.2) is 36.4 Å². The Hall–Kier alpha value is -2.04. The average Bonchev–Trinajstić information content (AvgIpc) is 3.31. The van der Waals surface area contributed by atoms with Crippen LogP contribution in [0.4, 0.5) is 11.4 Å². The lowest BCUT2D eigenvalue weighted by Gasteiger charge is -2.18. The lowest BCUT2D eigenvalue weighted by atomic mass is 10.0. The zero-order chi connectivity index (χ0) is 18.2. The van der Waals surface area contributed by atoms with Gasteiger partial charge in [0, 0.05) is 21.4 Å². The number of carbonyl (C=O) groups is 2. The van der Waals surface area contributed by atoms with E-state index in [9.17, 15) is 9.59 Å². The van der Waals surface area contributed by atoms with Crippen molar-refractivity contribution in [1.82, 2.24) is 0 Å². The highest BCUT2D eigenvalue weighted by atomic mass is 35.5. The van der Waals surface area contributed by atoms with Gasteiger partial charge < -0.3 is 10.6 Å². The molecule has 0 spiro atoms. The molecular formula is C19H18Cl2N2O2. The highest BCUT2D eigenvalue weighted by Crippen LogP contribution is 2.48. The summed E-state index contributed by atoms with van der Waals surface area (Å²) in [5.74, 6) is -0.620. The van der Waals surface area contributed by atoms with E-state index < -0.39 is 5.41 Å². The Morgan fingerprint density at radius 2 is 1.44 bits per heavy atom. The first-order valence-electron chi connectivity index (χ1n) is 7.97. The van der Waals surface area contributed by atoms with Gasteiger partial charge in [-0.05, 0) is 56.0 Å². The molecule has 2 aromatic rings. The van der Waals surface area contributed by atoms with Crippen molar-refractivity contribution in [2.75, 3.05) is 10.6 Å². The van der Waals surface area contributed by atoms with Crippen LogP contribution in [0, 0.1) is 19.3 Å². The standard InChI is InChI=1S/C19H18Cl2N2O2/c1-11-4-3-5-12(2)16(11)23-18(25)19(6-7-19)17(24)22-15-9-13(20)8-14(21)10-15/h3-5,8-10H,6-7H2,1-2H3,(H,22,24)(H,23,25). The Morgan fingerprint density at radius 1 is 0.920 bits per heavy atom. The van der Waals surface area contributed by atoms with E-state index in [4.69, 9.17) is 23.2 Å². The molecule has 0 unspecified atom stereocenters. The molecule has 0 aromatic heterocycles. The van der Waals surface area contributed by atoms with E-state index in [0.29, 0.717) is 28.6 Å². The van der Waals surface area contributed by atoms with Gasteiger partial charge in [-0.2, -0.15) is 0 Å². The molecule has 6 heteroatoms. The molecule has 130 valence electrons. The molecule has 0 saturated heterocycles. The molecular weight excluding hydrogens is 359 g/mol. The molecule has 1 aliphatic rings. The SMILES string of the molecule is Cc1cccc(C)c1NC(=O)C1(C(=O)Nc2cc(Cl)cc(Cl)c2)CC1. The maximum absolute atomic E-state index is 12.7. The van der Waals surface area contributed by atoms with Crippen molar-refractivity contribution in [2.24, 2.45) is 5.41 Å². The predicted octanol–water partition coefficient (Wildman–Crippen LogP) is 4.97. The summed E-state index contributed by atoms with van der Waals surface area (Å²) in [6.07, 6.45) is 1.04. The minimum absolute atomic E-state index is 0.282. The van der Waals surface area contributed by atoms with Gasteiger partial charge in [-0.1, -0.05) is 41.4 Å². The second-order valence-electron chi connectivity index (χ2n) is 6.42. The first-order valence-corrected chi connectivity index (χ1v) is 8.73. The van der Waals surface area contributed by atoms with Crippen LogP contribution >= 0.6 is 23.2 Å². The third kappa shape index (κ3) is 3.65. The summed E-state index contributed by atoms with van der Waals surface area (Å²) < 4.78 is 0. The van der Waals surface area contributed by atoms with E-state index in [1.165, 1.54) is 0 Å². The fourth-order valence-electron chi connectivity index (χ4n) is 2.80. The summed E-state index contributed by atoms with van der Waals surface area (Å²) >= 11 is 11.9. The van der Waals surface area contributed by atoms with Crippen molar-refractivity contribution in [3.8, 4) is 0 Å². The number of benzene rings is 2. The Kier molecular flexibility index (Phi) is 4.76. The van der Waals surface area contributed by atoms with E-state index >= 15 is 0 Å². The molecule has 25 heavy (non-hydrogen) atoms. The molecule has 0 bridgehead atoms. The number of carbonyl (C=O) groups excluding carboxylic acids is 2. The van der Waals surface area contributed by atoms with Crippen molar-refractivity contribution in [2.45, 2.75) is 26.7 Å². The van der Waals surface area contributed by atoms with Crippen LogP contribution in [0.25, 0.3) is 0 Å². The van der Waals surface area contributed by atoms with Crippen LogP contribution in [0.1, 0.15) is 24.0 Å². The second kappa shape index (κ2) is 6.70. The zero-order valence-corrected chi connectivity index (χ0v) is 15.5. The number of halogens is 2. The molecule has 1 saturated carbocycles. The molecule has 3 rings (SSSR count). The van der Waals surface area contributed by atoms with Crippen LogP contribution in [0.5, 0.6) is 0 Å². The molecule has 1 fully saturated rings. The topological polar surface area (TPSA) is 58.2 Å². The van der Waals surface area contributed by atoms with Gasteiger partial charge in [0.25, 0.3) is 0 Å². The molecule has 4 nitrogen and oxygen atoms in total. The van der Waals surface area contributed by atoms with Gasteiger partial charge in [0.2, 0.25) is 11.8 Å². The minimum atomic E-state index is -1.04. The first kappa shape index (κ1) is 17.8. The van der Waals surface area contributed by atoms with E-state index in [1.807, 2.05) is 32.0 Å². The van der Waals surface area contributed by atoms with Gasteiger partial charge in [-0.15, -0.1) is 0 Å². The number of amides is 2. The molecule has 0 radical (unpaired) electrons. The van der Waals surface area contributed by atoms with Crippen molar-refractivity contribution in [1.29, 1.82) is 0 Å². The van der Waals surface area contributed by atoms with Gasteiger partial charge in [-0.25, -0.2) is 0 Å². The van der Waals surface area contributed by atoms with Crippen LogP contribution in [0.3, 0.4) is 0 Å². The summed E-state index contributed by atoms with van der Waals surface area (Å²) in [6.45, 7) is 3.85. The Labute approximate surface area is 156 Å². The summed E-state index contributed by atoms with van der Waals surface area (Å²) in [5, 5.41) is 6.52. The van der Waals surface area contributed by atoms with Gasteiger partial charge in [-0.3, -0.25) is 9.59 Å². The lowest BCUT2D eigenvalue weighted by molar-refractivity contribution is -0.131. The van der Waals surface area contributed by atoms with Crippen molar-refractivity contribution >= 4 is 46.4 Å². The molecule has 2 N–H and O–H groups in total. The van der Waals surface area contributed by atoms with Gasteiger partial charge >= 0.3 is 0 Å². The Morgan fingerprint density at radius 3 is 1.96 bits per heavy atom. The monoisotopic (exact) mass is 376 g/mol. The van der Waals surface area contributed by atoms with Gasteiger partial charge in [0.05, 0.1) is 0 Å². The first-order chi connectivity index (χ1) is 11.8. The number of hydrogen-bond acceptors (Lipinski definition) is 2. The summed E-state index contributed by atoms with van der Waals surface area (Å²) in [4.78, 5) is 25.4. The number of para-hydroxylation sites is 1. The molecule has 2 aromatic carbocycles. The average molecular weight is 377 g/mol. The molecule has 1 aliphatic carbocycles. The summed E-state index contributed by atoms with van der Waals surface area (Å²) in [5.41, 5.74) is 2.13. The molecule has 2 amide bonds. The van der Waals surface area contributed by atoms with Gasteiger partial charge in [0.15, 0.2) is 0 Å². The second-order valence-corrected chi connectivity index (χ2v) is 7.29. The zero-order valence-electron chi connectivity index (χ0n) is 14.0. The smallest absolute Gasteiger partial charge is 0.240 e. The minimum Gasteiger partial charge on any atom is -0.325 e. The quantitative estimate of drug-likeness (QED) is 0.740. The Balaban J connectivity index is 1.77. The number of hydrogen-bond donors (Lipinski definition) is 2. The largest absolute Gasteiger partial charge is 0.325 e. The summed E-state index contributed by atoms with van der Waals surface area (Å²) in [6, 6.07) is 10.6. The molecule has 0 heterocycles. The van der Waals surface area contributed by atoms with Crippen LogP contribution in [-0.4, -0.2) is 11.8 Å². The molecule has 0 atom stereocenters. The number of nitrogens with one attached hydrogen (secondary N) is 2. The predicted molar refractivity (Wildman–Crippen MR) is 101 cm³/mol. The van der Waals surface area contributed by atoms with Crippen molar-refractivity contribution < 1.29 is 9.59 Å². The van der Waals surface area contributed by atoms with E-state index in [-0.39, 0.29) is 11.8 Å². The third-order valence-corrected chi connectivity index (χ3v) is 4.90. The number of anilines is 2.